The van der Waals surface area contributed by atoms with Crippen LogP contribution in [0.3, 0.4) is 0 Å². The van der Waals surface area contributed by atoms with Crippen molar-refractivity contribution in [2.45, 2.75) is 26.7 Å². The van der Waals surface area contributed by atoms with Crippen molar-refractivity contribution in [1.82, 2.24) is 0 Å². The Kier molecular flexibility index (Phi) is 4.95. The summed E-state index contributed by atoms with van der Waals surface area (Å²) in [7, 11) is 0. The molecule has 0 spiro atoms. The topological polar surface area (TPSA) is 9.23 Å². The van der Waals surface area contributed by atoms with Crippen LogP contribution in [0.5, 0.6) is 11.5 Å². The van der Waals surface area contributed by atoms with E-state index in [1.165, 1.54) is 11.6 Å². The maximum absolute atomic E-state index is 13.6. The molecule has 136 valence electrons. The summed E-state index contributed by atoms with van der Waals surface area (Å²) in [5.74, 6) is 1.44. The Balaban J connectivity index is 1.81. The zero-order valence-corrected chi connectivity index (χ0v) is 16.3. The zero-order chi connectivity index (χ0) is 18.8. The van der Waals surface area contributed by atoms with Crippen LogP contribution in [0.1, 0.15) is 24.5 Å². The summed E-state index contributed by atoms with van der Waals surface area (Å²) in [5, 5.41) is 1.08. The fraction of sp³-hybridized carbons (Fsp3) is 0.167. The van der Waals surface area contributed by atoms with E-state index in [0.29, 0.717) is 0 Å². The first-order valence-electron chi connectivity index (χ1n) is 9.20. The number of benzene rings is 3. The Labute approximate surface area is 163 Å². The van der Waals surface area contributed by atoms with E-state index in [9.17, 15) is 4.39 Å². The third-order valence-electron chi connectivity index (χ3n) is 4.66. The zero-order valence-electron chi connectivity index (χ0n) is 15.5. The summed E-state index contributed by atoms with van der Waals surface area (Å²) in [5.41, 5.74) is 3.23. The summed E-state index contributed by atoms with van der Waals surface area (Å²) < 4.78 is 21.1. The van der Waals surface area contributed by atoms with Gasteiger partial charge in [-0.05, 0) is 66.4 Å². The number of thiophene rings is 1. The molecule has 0 amide bonds. The van der Waals surface area contributed by atoms with Crippen molar-refractivity contribution in [2.24, 2.45) is 0 Å². The lowest BCUT2D eigenvalue weighted by Gasteiger charge is -2.10. The Hall–Kier alpha value is -2.65. The molecule has 4 rings (SSSR count). The normalized spacial score (nSPS) is 11.1. The number of hydrogen-bond acceptors (Lipinski definition) is 2. The molecule has 0 aliphatic heterocycles. The van der Waals surface area contributed by atoms with Gasteiger partial charge < -0.3 is 4.74 Å². The van der Waals surface area contributed by atoms with E-state index in [-0.39, 0.29) is 5.82 Å². The third kappa shape index (κ3) is 3.60. The van der Waals surface area contributed by atoms with E-state index in [2.05, 4.69) is 31.2 Å². The largest absolute Gasteiger partial charge is 0.455 e. The lowest BCUT2D eigenvalue weighted by Crippen LogP contribution is -1.89. The van der Waals surface area contributed by atoms with Crippen LogP contribution in [-0.2, 0) is 6.42 Å². The van der Waals surface area contributed by atoms with Gasteiger partial charge in [0, 0.05) is 10.1 Å². The first-order chi connectivity index (χ1) is 13.2. The van der Waals surface area contributed by atoms with Gasteiger partial charge in [0.1, 0.15) is 11.6 Å². The van der Waals surface area contributed by atoms with Crippen LogP contribution in [0.4, 0.5) is 4.39 Å². The van der Waals surface area contributed by atoms with Crippen molar-refractivity contribution < 1.29 is 9.13 Å². The molecule has 0 N–H and O–H groups in total. The molecule has 27 heavy (non-hydrogen) atoms. The highest BCUT2D eigenvalue weighted by molar-refractivity contribution is 7.22. The van der Waals surface area contributed by atoms with Gasteiger partial charge in [0.15, 0.2) is 5.75 Å². The molecule has 3 aromatic carbocycles. The van der Waals surface area contributed by atoms with Gasteiger partial charge in [-0.3, -0.25) is 0 Å². The minimum atomic E-state index is -0.216. The van der Waals surface area contributed by atoms with E-state index in [1.54, 1.807) is 17.4 Å². The number of fused-ring (bicyclic) bond motifs is 1. The highest BCUT2D eigenvalue weighted by Gasteiger charge is 2.17. The second-order valence-electron chi connectivity index (χ2n) is 6.71. The van der Waals surface area contributed by atoms with Crippen molar-refractivity contribution in [3.8, 4) is 21.9 Å². The summed E-state index contributed by atoms with van der Waals surface area (Å²) in [6.45, 7) is 4.12. The van der Waals surface area contributed by atoms with Crippen LogP contribution in [0.2, 0.25) is 0 Å². The fourth-order valence-electron chi connectivity index (χ4n) is 3.31. The molecule has 0 unspecified atom stereocenters. The van der Waals surface area contributed by atoms with E-state index in [1.807, 2.05) is 37.3 Å². The number of hydrogen-bond donors (Lipinski definition) is 0. The summed E-state index contributed by atoms with van der Waals surface area (Å²) in [6, 6.07) is 21.4. The molecule has 0 aliphatic carbocycles. The minimum absolute atomic E-state index is 0.216. The molecule has 1 heterocycles. The average molecular weight is 376 g/mol. The lowest BCUT2D eigenvalue weighted by molar-refractivity contribution is 0.491. The SMILES string of the molecule is CCCc1ccc(Oc2c(-c3ccc(F)cc3C)sc3ccccc23)cc1. The molecule has 1 aromatic heterocycles. The second kappa shape index (κ2) is 7.53. The smallest absolute Gasteiger partial charge is 0.153 e. The molecule has 0 bridgehead atoms. The van der Waals surface area contributed by atoms with Crippen LogP contribution >= 0.6 is 11.3 Å². The predicted molar refractivity (Wildman–Crippen MR) is 112 cm³/mol. The molecule has 1 nitrogen and oxygen atoms in total. The van der Waals surface area contributed by atoms with Gasteiger partial charge >= 0.3 is 0 Å². The number of aryl methyl sites for hydroxylation is 2. The molecule has 3 heteroatoms. The molecule has 0 saturated carbocycles. The van der Waals surface area contributed by atoms with Gasteiger partial charge in [0.25, 0.3) is 0 Å². The summed E-state index contributed by atoms with van der Waals surface area (Å²) >= 11 is 1.68. The lowest BCUT2D eigenvalue weighted by atomic mass is 10.1. The van der Waals surface area contributed by atoms with Crippen molar-refractivity contribution >= 4 is 21.4 Å². The van der Waals surface area contributed by atoms with Gasteiger partial charge in [0.05, 0.1) is 4.88 Å². The predicted octanol–water partition coefficient (Wildman–Crippen LogP) is 7.76. The van der Waals surface area contributed by atoms with Gasteiger partial charge in [-0.2, -0.15) is 0 Å². The first kappa shape index (κ1) is 17.7. The summed E-state index contributed by atoms with van der Waals surface area (Å²) in [4.78, 5) is 1.03. The van der Waals surface area contributed by atoms with Gasteiger partial charge in [-0.15, -0.1) is 11.3 Å². The van der Waals surface area contributed by atoms with E-state index in [0.717, 1.165) is 50.4 Å². The Morgan fingerprint density at radius 3 is 2.48 bits per heavy atom. The van der Waals surface area contributed by atoms with Gasteiger partial charge in [-0.1, -0.05) is 43.7 Å². The van der Waals surface area contributed by atoms with Crippen molar-refractivity contribution in [2.75, 3.05) is 0 Å². The van der Waals surface area contributed by atoms with Crippen LogP contribution in [-0.4, -0.2) is 0 Å². The molecule has 4 aromatic rings. The van der Waals surface area contributed by atoms with E-state index >= 15 is 0 Å². The maximum atomic E-state index is 13.6. The molecular weight excluding hydrogens is 355 g/mol. The Morgan fingerprint density at radius 2 is 1.74 bits per heavy atom. The monoisotopic (exact) mass is 376 g/mol. The standard InChI is InChI=1S/C24H21FOS/c1-3-6-17-9-12-19(13-10-17)26-23-21-7-4-5-8-22(21)27-24(23)20-14-11-18(25)15-16(20)2/h4-5,7-15H,3,6H2,1-2H3. The van der Waals surface area contributed by atoms with E-state index < -0.39 is 0 Å². The van der Waals surface area contributed by atoms with Gasteiger partial charge in [0.2, 0.25) is 0 Å². The van der Waals surface area contributed by atoms with Crippen LogP contribution in [0.25, 0.3) is 20.5 Å². The van der Waals surface area contributed by atoms with E-state index in [4.69, 9.17) is 4.74 Å². The van der Waals surface area contributed by atoms with Crippen LogP contribution < -0.4 is 4.74 Å². The van der Waals surface area contributed by atoms with Crippen molar-refractivity contribution in [3.05, 3.63) is 83.7 Å². The van der Waals surface area contributed by atoms with Crippen molar-refractivity contribution in [1.29, 1.82) is 0 Å². The van der Waals surface area contributed by atoms with Gasteiger partial charge in [-0.25, -0.2) is 4.39 Å². The maximum Gasteiger partial charge on any atom is 0.153 e. The number of halogens is 1. The van der Waals surface area contributed by atoms with Crippen molar-refractivity contribution in [3.63, 3.8) is 0 Å². The highest BCUT2D eigenvalue weighted by atomic mass is 32.1. The molecule has 0 atom stereocenters. The molecule has 0 saturated heterocycles. The Morgan fingerprint density at radius 1 is 0.963 bits per heavy atom. The molecule has 0 aliphatic rings. The average Bonchev–Trinajstić information content (AvgIpc) is 3.02. The fourth-order valence-corrected chi connectivity index (χ4v) is 4.53. The number of rotatable bonds is 5. The highest BCUT2D eigenvalue weighted by Crippen LogP contribution is 2.47. The minimum Gasteiger partial charge on any atom is -0.455 e. The van der Waals surface area contributed by atoms with Crippen LogP contribution in [0.15, 0.2) is 66.7 Å². The third-order valence-corrected chi connectivity index (χ3v) is 5.85. The second-order valence-corrected chi connectivity index (χ2v) is 7.76. The first-order valence-corrected chi connectivity index (χ1v) is 10.0. The Bertz CT molecular complexity index is 1080. The summed E-state index contributed by atoms with van der Waals surface area (Å²) in [6.07, 6.45) is 2.20. The molecule has 0 fully saturated rings. The van der Waals surface area contributed by atoms with Crippen LogP contribution in [0, 0.1) is 12.7 Å². The molecule has 0 radical (unpaired) electrons. The molecular formula is C24H21FOS. The quantitative estimate of drug-likeness (QED) is 0.346. The number of ether oxygens (including phenoxy) is 1.